The molecule has 1 amide bonds. The molecular weight excluding hydrogens is 405 g/mol. The molecule has 0 bridgehead atoms. The molecule has 31 heavy (non-hydrogen) atoms. The molecule has 1 N–H and O–H groups in total. The normalized spacial score (nSPS) is 18.8. The Balaban J connectivity index is 1.59. The first-order valence-electron chi connectivity index (χ1n) is 10.9. The highest BCUT2D eigenvalue weighted by Gasteiger charge is 2.30. The fraction of sp³-hybridized carbons (Fsp3) is 0.727. The number of methoxy groups -OCH3 is 1. The van der Waals surface area contributed by atoms with E-state index >= 15 is 0 Å². The Bertz CT molecular complexity index is 712. The van der Waals surface area contributed by atoms with Crippen molar-refractivity contribution in [1.82, 2.24) is 10.3 Å². The number of anilines is 1. The maximum Gasteiger partial charge on any atom is 0.270 e. The van der Waals surface area contributed by atoms with Crippen LogP contribution in [0.15, 0.2) is 12.1 Å². The zero-order valence-corrected chi connectivity index (χ0v) is 18.6. The van der Waals surface area contributed by atoms with E-state index in [2.05, 4.69) is 15.2 Å². The summed E-state index contributed by atoms with van der Waals surface area (Å²) in [4.78, 5) is 19.4. The van der Waals surface area contributed by atoms with Crippen molar-refractivity contribution in [3.05, 3.63) is 17.8 Å². The van der Waals surface area contributed by atoms with Crippen LogP contribution >= 0.6 is 0 Å². The first-order valence-corrected chi connectivity index (χ1v) is 10.9. The summed E-state index contributed by atoms with van der Waals surface area (Å²) in [6, 6.07) is 3.55. The lowest BCUT2D eigenvalue weighted by Crippen LogP contribution is -2.52. The van der Waals surface area contributed by atoms with E-state index in [1.54, 1.807) is 13.2 Å². The van der Waals surface area contributed by atoms with Crippen LogP contribution in [-0.4, -0.2) is 82.9 Å². The third kappa shape index (κ3) is 6.75. The molecule has 0 saturated carbocycles. The van der Waals surface area contributed by atoms with Crippen molar-refractivity contribution in [2.45, 2.75) is 32.4 Å². The number of aromatic nitrogens is 1. The summed E-state index contributed by atoms with van der Waals surface area (Å²) in [6.45, 7) is 7.49. The van der Waals surface area contributed by atoms with Crippen molar-refractivity contribution >= 4 is 11.6 Å². The molecule has 8 nitrogen and oxygen atoms in total. The lowest BCUT2D eigenvalue weighted by atomic mass is 10.0. The monoisotopic (exact) mass is 439 g/mol. The van der Waals surface area contributed by atoms with Gasteiger partial charge in [0.05, 0.1) is 32.5 Å². The topological polar surface area (TPSA) is 82.2 Å². The SMILES string of the molecule is COC1CN(c2ccc(C(=O)N[C@@H](C)CC(C)COCCF)nc2OCC2COC2)C1. The summed E-state index contributed by atoms with van der Waals surface area (Å²) >= 11 is 0. The first kappa shape index (κ1) is 23.7. The van der Waals surface area contributed by atoms with Crippen LogP contribution < -0.4 is 15.0 Å². The number of rotatable bonds is 13. The summed E-state index contributed by atoms with van der Waals surface area (Å²) < 4.78 is 33.9. The Morgan fingerprint density at radius 3 is 2.77 bits per heavy atom. The number of hydrogen-bond acceptors (Lipinski definition) is 7. The minimum Gasteiger partial charge on any atom is -0.476 e. The molecule has 9 heteroatoms. The van der Waals surface area contributed by atoms with Crippen LogP contribution in [0.3, 0.4) is 0 Å². The average Bonchev–Trinajstić information content (AvgIpc) is 2.66. The second kappa shape index (κ2) is 11.6. The maximum atomic E-state index is 12.8. The van der Waals surface area contributed by atoms with Gasteiger partial charge in [-0.2, -0.15) is 0 Å². The number of nitrogens with one attached hydrogen (secondary N) is 1. The number of amides is 1. The minimum absolute atomic E-state index is 0.0627. The predicted molar refractivity (Wildman–Crippen MR) is 115 cm³/mol. The summed E-state index contributed by atoms with van der Waals surface area (Å²) in [6.07, 6.45) is 0.931. The van der Waals surface area contributed by atoms with Crippen LogP contribution in [0.2, 0.25) is 0 Å². The highest BCUT2D eigenvalue weighted by molar-refractivity contribution is 5.93. The van der Waals surface area contributed by atoms with Gasteiger partial charge in [-0.1, -0.05) is 6.92 Å². The number of halogens is 1. The van der Waals surface area contributed by atoms with Crippen LogP contribution in [0, 0.1) is 11.8 Å². The molecule has 1 unspecified atom stereocenters. The van der Waals surface area contributed by atoms with Crippen LogP contribution in [0.5, 0.6) is 5.88 Å². The predicted octanol–water partition coefficient (Wildman–Crippen LogP) is 2.07. The van der Waals surface area contributed by atoms with Gasteiger partial charge < -0.3 is 29.2 Å². The molecule has 2 saturated heterocycles. The van der Waals surface area contributed by atoms with Crippen LogP contribution in [0.25, 0.3) is 0 Å². The van der Waals surface area contributed by atoms with E-state index in [-0.39, 0.29) is 30.6 Å². The number of alkyl halides is 1. The molecule has 1 aromatic rings. The molecule has 0 aromatic carbocycles. The van der Waals surface area contributed by atoms with E-state index in [0.717, 1.165) is 25.2 Å². The molecule has 0 aliphatic carbocycles. The largest absolute Gasteiger partial charge is 0.476 e. The molecule has 2 aliphatic rings. The summed E-state index contributed by atoms with van der Waals surface area (Å²) in [5, 5.41) is 2.98. The van der Waals surface area contributed by atoms with E-state index < -0.39 is 6.67 Å². The van der Waals surface area contributed by atoms with E-state index in [1.165, 1.54) is 0 Å². The van der Waals surface area contributed by atoms with Gasteiger partial charge in [0.1, 0.15) is 18.1 Å². The van der Waals surface area contributed by atoms with Crippen LogP contribution in [-0.2, 0) is 14.2 Å². The number of ether oxygens (including phenoxy) is 4. The first-order chi connectivity index (χ1) is 15.0. The highest BCUT2D eigenvalue weighted by Crippen LogP contribution is 2.31. The molecule has 0 radical (unpaired) electrons. The number of nitrogens with zero attached hydrogens (tertiary/aromatic N) is 2. The zero-order valence-electron chi connectivity index (χ0n) is 18.6. The molecular formula is C22H34FN3O5. The van der Waals surface area contributed by atoms with Crippen molar-refractivity contribution in [3.63, 3.8) is 0 Å². The Kier molecular flexibility index (Phi) is 8.86. The number of hydrogen-bond donors (Lipinski definition) is 1. The summed E-state index contributed by atoms with van der Waals surface area (Å²) in [7, 11) is 1.71. The molecule has 1 aromatic heterocycles. The third-order valence-electron chi connectivity index (χ3n) is 5.52. The lowest BCUT2D eigenvalue weighted by molar-refractivity contribution is -0.0514. The Labute approximate surface area is 183 Å². The number of pyridine rings is 1. The Morgan fingerprint density at radius 1 is 1.35 bits per heavy atom. The van der Waals surface area contributed by atoms with E-state index in [9.17, 15) is 9.18 Å². The smallest absolute Gasteiger partial charge is 0.270 e. The zero-order chi connectivity index (χ0) is 22.2. The van der Waals surface area contributed by atoms with Gasteiger partial charge in [-0.25, -0.2) is 9.37 Å². The highest BCUT2D eigenvalue weighted by atomic mass is 19.1. The van der Waals surface area contributed by atoms with Gasteiger partial charge in [-0.3, -0.25) is 4.79 Å². The standard InChI is InChI=1S/C22H34FN3O5/c1-15(11-29-7-6-23)8-16(2)24-21(27)19-4-5-20(26-9-18(10-26)28-3)22(25-19)31-14-17-12-30-13-17/h4-5,15-18H,6-14H2,1-3H3,(H,24,27)/t15?,16-/m0/s1. The second-order valence-electron chi connectivity index (χ2n) is 8.48. The summed E-state index contributed by atoms with van der Waals surface area (Å²) in [5.41, 5.74) is 1.19. The third-order valence-corrected chi connectivity index (χ3v) is 5.52. The molecule has 2 aliphatic heterocycles. The fourth-order valence-corrected chi connectivity index (χ4v) is 3.64. The van der Waals surface area contributed by atoms with Crippen molar-refractivity contribution in [3.8, 4) is 5.88 Å². The molecule has 174 valence electrons. The van der Waals surface area contributed by atoms with Crippen molar-refractivity contribution < 1.29 is 28.1 Å². The van der Waals surface area contributed by atoms with Crippen molar-refractivity contribution in [2.75, 3.05) is 64.8 Å². The van der Waals surface area contributed by atoms with Gasteiger partial charge in [0, 0.05) is 38.8 Å². The molecule has 3 heterocycles. The van der Waals surface area contributed by atoms with E-state index in [1.807, 2.05) is 19.9 Å². The molecule has 2 fully saturated rings. The van der Waals surface area contributed by atoms with Gasteiger partial charge in [0.25, 0.3) is 5.91 Å². The average molecular weight is 440 g/mol. The molecule has 3 rings (SSSR count). The Hall–Kier alpha value is -1.97. The second-order valence-corrected chi connectivity index (χ2v) is 8.48. The van der Waals surface area contributed by atoms with Gasteiger partial charge in [-0.05, 0) is 31.4 Å². The van der Waals surface area contributed by atoms with Gasteiger partial charge in [0.15, 0.2) is 0 Å². The van der Waals surface area contributed by atoms with Gasteiger partial charge >= 0.3 is 0 Å². The number of carbonyl (C=O) groups excluding carboxylic acids is 1. The van der Waals surface area contributed by atoms with E-state index in [4.69, 9.17) is 18.9 Å². The molecule has 0 spiro atoms. The quantitative estimate of drug-likeness (QED) is 0.471. The lowest BCUT2D eigenvalue weighted by Gasteiger charge is -2.40. The summed E-state index contributed by atoms with van der Waals surface area (Å²) in [5.74, 6) is 0.790. The number of carbonyl (C=O) groups is 1. The van der Waals surface area contributed by atoms with Gasteiger partial charge in [-0.15, -0.1) is 0 Å². The van der Waals surface area contributed by atoms with Crippen molar-refractivity contribution in [1.29, 1.82) is 0 Å². The Morgan fingerprint density at radius 2 is 2.13 bits per heavy atom. The fourth-order valence-electron chi connectivity index (χ4n) is 3.64. The van der Waals surface area contributed by atoms with E-state index in [0.29, 0.717) is 43.9 Å². The van der Waals surface area contributed by atoms with Gasteiger partial charge in [0.2, 0.25) is 5.88 Å². The van der Waals surface area contributed by atoms with Crippen LogP contribution in [0.4, 0.5) is 10.1 Å². The van der Waals surface area contributed by atoms with Crippen LogP contribution in [0.1, 0.15) is 30.8 Å². The minimum atomic E-state index is -0.484. The molecule has 2 atom stereocenters. The maximum absolute atomic E-state index is 12.8. The van der Waals surface area contributed by atoms with Crippen molar-refractivity contribution in [2.24, 2.45) is 11.8 Å².